The summed E-state index contributed by atoms with van der Waals surface area (Å²) in [5.41, 5.74) is 2.30. The molecule has 2 amide bonds. The van der Waals surface area contributed by atoms with Crippen molar-refractivity contribution in [3.8, 4) is 11.5 Å². The lowest BCUT2D eigenvalue weighted by atomic mass is 10.0. The molecular formula is C25H26N2O4. The zero-order valence-corrected chi connectivity index (χ0v) is 17.6. The first-order chi connectivity index (χ1) is 15.1. The summed E-state index contributed by atoms with van der Waals surface area (Å²) < 4.78 is 10.5. The molecule has 0 bridgehead atoms. The van der Waals surface area contributed by atoms with Crippen LogP contribution in [0, 0.1) is 0 Å². The van der Waals surface area contributed by atoms with Gasteiger partial charge in [-0.1, -0.05) is 54.6 Å². The normalized spacial score (nSPS) is 11.3. The molecular weight excluding hydrogens is 392 g/mol. The van der Waals surface area contributed by atoms with E-state index in [1.54, 1.807) is 32.4 Å². The van der Waals surface area contributed by atoms with Gasteiger partial charge in [-0.3, -0.25) is 9.59 Å². The molecule has 0 fully saturated rings. The molecule has 31 heavy (non-hydrogen) atoms. The molecule has 0 saturated carbocycles. The number of benzene rings is 3. The Morgan fingerprint density at radius 3 is 2.13 bits per heavy atom. The van der Waals surface area contributed by atoms with E-state index in [1.807, 2.05) is 60.7 Å². The fourth-order valence-electron chi connectivity index (χ4n) is 3.22. The minimum absolute atomic E-state index is 0.121. The van der Waals surface area contributed by atoms with Crippen LogP contribution in [-0.4, -0.2) is 26.0 Å². The molecule has 0 heterocycles. The highest BCUT2D eigenvalue weighted by molar-refractivity contribution is 5.94. The van der Waals surface area contributed by atoms with Gasteiger partial charge in [-0.2, -0.15) is 0 Å². The Hall–Kier alpha value is -3.80. The van der Waals surface area contributed by atoms with Crippen molar-refractivity contribution in [1.29, 1.82) is 0 Å². The van der Waals surface area contributed by atoms with Crippen LogP contribution in [-0.2, 0) is 11.3 Å². The van der Waals surface area contributed by atoms with Crippen molar-refractivity contribution < 1.29 is 19.1 Å². The average molecular weight is 418 g/mol. The van der Waals surface area contributed by atoms with Crippen molar-refractivity contribution in [2.24, 2.45) is 0 Å². The molecule has 0 saturated heterocycles. The first-order valence-electron chi connectivity index (χ1n) is 9.99. The monoisotopic (exact) mass is 418 g/mol. The van der Waals surface area contributed by atoms with E-state index < -0.39 is 6.04 Å². The third-order valence-electron chi connectivity index (χ3n) is 4.87. The maximum atomic E-state index is 12.7. The molecule has 0 aliphatic rings. The van der Waals surface area contributed by atoms with E-state index >= 15 is 0 Å². The summed E-state index contributed by atoms with van der Waals surface area (Å²) in [7, 11) is 3.15. The predicted molar refractivity (Wildman–Crippen MR) is 119 cm³/mol. The second-order valence-electron chi connectivity index (χ2n) is 6.97. The Labute approximate surface area is 182 Å². The second kappa shape index (κ2) is 10.8. The summed E-state index contributed by atoms with van der Waals surface area (Å²) in [4.78, 5) is 25.3. The Balaban J connectivity index is 1.66. The molecule has 3 aromatic rings. The van der Waals surface area contributed by atoms with Gasteiger partial charge in [-0.15, -0.1) is 0 Å². The molecule has 0 spiro atoms. The minimum Gasteiger partial charge on any atom is -0.493 e. The van der Waals surface area contributed by atoms with E-state index in [9.17, 15) is 9.59 Å². The van der Waals surface area contributed by atoms with Crippen LogP contribution in [0.2, 0.25) is 0 Å². The van der Waals surface area contributed by atoms with Crippen LogP contribution in [0.3, 0.4) is 0 Å². The number of carbonyl (C=O) groups is 2. The molecule has 6 heteroatoms. The molecule has 3 aromatic carbocycles. The summed E-state index contributed by atoms with van der Waals surface area (Å²) in [6.45, 7) is 0.341. The predicted octanol–water partition coefficient (Wildman–Crippen LogP) is 3.88. The second-order valence-corrected chi connectivity index (χ2v) is 6.97. The quantitative estimate of drug-likeness (QED) is 0.553. The number of methoxy groups -OCH3 is 2. The van der Waals surface area contributed by atoms with E-state index in [1.165, 1.54) is 0 Å². The Bertz CT molecular complexity index is 1010. The van der Waals surface area contributed by atoms with E-state index in [2.05, 4.69) is 10.6 Å². The van der Waals surface area contributed by atoms with E-state index in [-0.39, 0.29) is 18.2 Å². The van der Waals surface area contributed by atoms with Gasteiger partial charge in [0, 0.05) is 12.1 Å². The first-order valence-corrected chi connectivity index (χ1v) is 9.99. The number of ether oxygens (including phenoxy) is 2. The van der Waals surface area contributed by atoms with Crippen molar-refractivity contribution in [3.05, 3.63) is 95.6 Å². The Morgan fingerprint density at radius 2 is 1.48 bits per heavy atom. The summed E-state index contributed by atoms with van der Waals surface area (Å²) >= 11 is 0. The van der Waals surface area contributed by atoms with Gasteiger partial charge in [0.2, 0.25) is 5.91 Å². The van der Waals surface area contributed by atoms with Crippen LogP contribution in [0.4, 0.5) is 0 Å². The number of amides is 2. The highest BCUT2D eigenvalue weighted by Gasteiger charge is 2.19. The van der Waals surface area contributed by atoms with Gasteiger partial charge >= 0.3 is 0 Å². The summed E-state index contributed by atoms with van der Waals surface area (Å²) in [6.07, 6.45) is 0.121. The van der Waals surface area contributed by atoms with Crippen LogP contribution < -0.4 is 20.1 Å². The average Bonchev–Trinajstić information content (AvgIpc) is 2.83. The highest BCUT2D eigenvalue weighted by Crippen LogP contribution is 2.27. The van der Waals surface area contributed by atoms with Crippen LogP contribution in [0.25, 0.3) is 0 Å². The first kappa shape index (κ1) is 21.9. The number of hydrogen-bond acceptors (Lipinski definition) is 4. The molecule has 6 nitrogen and oxygen atoms in total. The molecule has 1 atom stereocenters. The molecule has 0 aliphatic heterocycles. The third kappa shape index (κ3) is 6.09. The highest BCUT2D eigenvalue weighted by atomic mass is 16.5. The van der Waals surface area contributed by atoms with Crippen molar-refractivity contribution >= 4 is 11.8 Å². The molecule has 160 valence electrons. The van der Waals surface area contributed by atoms with E-state index in [0.29, 0.717) is 23.6 Å². The minimum atomic E-state index is -0.445. The van der Waals surface area contributed by atoms with Crippen LogP contribution in [0.1, 0.15) is 33.9 Å². The zero-order valence-electron chi connectivity index (χ0n) is 17.6. The van der Waals surface area contributed by atoms with Crippen molar-refractivity contribution in [3.63, 3.8) is 0 Å². The van der Waals surface area contributed by atoms with Gasteiger partial charge in [0.05, 0.1) is 26.7 Å². The maximum Gasteiger partial charge on any atom is 0.251 e. The number of hydrogen-bond donors (Lipinski definition) is 2. The number of carbonyl (C=O) groups excluding carboxylic acids is 2. The van der Waals surface area contributed by atoms with Crippen LogP contribution in [0.5, 0.6) is 11.5 Å². The van der Waals surface area contributed by atoms with Gasteiger partial charge in [-0.25, -0.2) is 0 Å². The van der Waals surface area contributed by atoms with Crippen molar-refractivity contribution in [2.75, 3.05) is 14.2 Å². The van der Waals surface area contributed by atoms with Crippen molar-refractivity contribution in [1.82, 2.24) is 10.6 Å². The van der Waals surface area contributed by atoms with Gasteiger partial charge in [0.15, 0.2) is 11.5 Å². The summed E-state index contributed by atoms with van der Waals surface area (Å²) in [5.74, 6) is 0.844. The number of rotatable bonds is 9. The summed E-state index contributed by atoms with van der Waals surface area (Å²) in [5, 5.41) is 5.89. The fourth-order valence-corrected chi connectivity index (χ4v) is 3.22. The SMILES string of the molecule is COc1ccc(CNC(=O)C[C@H](NC(=O)c2ccccc2)c2ccccc2)cc1OC. The smallest absolute Gasteiger partial charge is 0.251 e. The Morgan fingerprint density at radius 1 is 0.839 bits per heavy atom. The van der Waals surface area contributed by atoms with Gasteiger partial charge < -0.3 is 20.1 Å². The molecule has 3 rings (SSSR count). The van der Waals surface area contributed by atoms with Gasteiger partial charge in [0.1, 0.15) is 0 Å². The zero-order chi connectivity index (χ0) is 22.1. The van der Waals surface area contributed by atoms with Gasteiger partial charge in [-0.05, 0) is 35.4 Å². The standard InChI is InChI=1S/C25H26N2O4/c1-30-22-14-13-18(15-23(22)31-2)17-26-24(28)16-21(19-9-5-3-6-10-19)27-25(29)20-11-7-4-8-12-20/h3-15,21H,16-17H2,1-2H3,(H,26,28)(H,27,29)/t21-/m0/s1. The lowest BCUT2D eigenvalue weighted by Crippen LogP contribution is -2.33. The lowest BCUT2D eigenvalue weighted by Gasteiger charge is -2.19. The topological polar surface area (TPSA) is 76.7 Å². The molecule has 2 N–H and O–H groups in total. The number of nitrogens with one attached hydrogen (secondary N) is 2. The summed E-state index contributed by atoms with van der Waals surface area (Å²) in [6, 6.07) is 23.5. The van der Waals surface area contributed by atoms with Crippen LogP contribution in [0.15, 0.2) is 78.9 Å². The maximum absolute atomic E-state index is 12.7. The third-order valence-corrected chi connectivity index (χ3v) is 4.87. The largest absolute Gasteiger partial charge is 0.493 e. The van der Waals surface area contributed by atoms with Crippen molar-refractivity contribution in [2.45, 2.75) is 19.0 Å². The molecule has 0 aliphatic carbocycles. The molecule has 0 unspecified atom stereocenters. The van der Waals surface area contributed by atoms with Crippen LogP contribution >= 0.6 is 0 Å². The van der Waals surface area contributed by atoms with E-state index in [0.717, 1.165) is 11.1 Å². The Kier molecular flexibility index (Phi) is 7.65. The van der Waals surface area contributed by atoms with Gasteiger partial charge in [0.25, 0.3) is 5.91 Å². The lowest BCUT2D eigenvalue weighted by molar-refractivity contribution is -0.121. The molecule has 0 aromatic heterocycles. The van der Waals surface area contributed by atoms with E-state index in [4.69, 9.17) is 9.47 Å². The molecule has 0 radical (unpaired) electrons. The fraction of sp³-hybridized carbons (Fsp3) is 0.200.